The molecule has 1 N–H and O–H groups in total. The average molecular weight is 423 g/mol. The van der Waals surface area contributed by atoms with Crippen LogP contribution in [0.2, 0.25) is 0 Å². The number of rotatable bonds is 5. The van der Waals surface area contributed by atoms with Crippen LogP contribution in [0.25, 0.3) is 0 Å². The number of nitrogens with one attached hydrogen (secondary N) is 1. The molecule has 0 atom stereocenters. The number of benzene rings is 2. The van der Waals surface area contributed by atoms with Crippen molar-refractivity contribution in [3.8, 4) is 5.75 Å². The minimum atomic E-state index is -3.70. The van der Waals surface area contributed by atoms with E-state index in [-0.39, 0.29) is 10.8 Å². The van der Waals surface area contributed by atoms with Crippen molar-refractivity contribution in [3.63, 3.8) is 0 Å². The van der Waals surface area contributed by atoms with E-state index in [2.05, 4.69) is 10.3 Å². The van der Waals surface area contributed by atoms with Crippen LogP contribution in [0.3, 0.4) is 0 Å². The van der Waals surface area contributed by atoms with Crippen LogP contribution in [-0.4, -0.2) is 33.0 Å². The van der Waals surface area contributed by atoms with Gasteiger partial charge in [-0.05, 0) is 73.0 Å². The van der Waals surface area contributed by atoms with Crippen LogP contribution in [0.4, 0.5) is 11.4 Å². The second-order valence-corrected chi connectivity index (χ2v) is 8.73. The molecule has 0 saturated carbocycles. The van der Waals surface area contributed by atoms with Crippen LogP contribution in [0.15, 0.2) is 71.8 Å². The van der Waals surface area contributed by atoms with Gasteiger partial charge in [-0.1, -0.05) is 6.07 Å². The van der Waals surface area contributed by atoms with Crippen molar-refractivity contribution in [3.05, 3.63) is 78.1 Å². The predicted octanol–water partition coefficient (Wildman–Crippen LogP) is 3.48. The summed E-state index contributed by atoms with van der Waals surface area (Å²) in [6, 6.07) is 16.8. The predicted molar refractivity (Wildman–Crippen MR) is 114 cm³/mol. The average Bonchev–Trinajstić information content (AvgIpc) is 2.79. The summed E-state index contributed by atoms with van der Waals surface area (Å²) in [6.45, 7) is 0.404. The third kappa shape index (κ3) is 3.86. The fourth-order valence-corrected chi connectivity index (χ4v) is 5.00. The number of carbonyl (C=O) groups excluding carboxylic acids is 1. The van der Waals surface area contributed by atoms with Gasteiger partial charge < -0.3 is 10.1 Å². The summed E-state index contributed by atoms with van der Waals surface area (Å²) in [4.78, 5) is 16.6. The molecule has 1 aliphatic heterocycles. The SMILES string of the molecule is COc1ccc(S(=O)(=O)N2CCCc3cc(NC(=O)c4ccccn4)ccc32)cc1. The Morgan fingerprint density at radius 3 is 2.60 bits per heavy atom. The molecular weight excluding hydrogens is 402 g/mol. The topological polar surface area (TPSA) is 88.6 Å². The Hall–Kier alpha value is -3.39. The third-order valence-corrected chi connectivity index (χ3v) is 6.79. The molecule has 2 aromatic carbocycles. The first-order valence-electron chi connectivity index (χ1n) is 9.51. The number of pyridine rings is 1. The normalized spacial score (nSPS) is 13.4. The lowest BCUT2D eigenvalue weighted by atomic mass is 10.0. The van der Waals surface area contributed by atoms with Crippen LogP contribution in [0.5, 0.6) is 5.75 Å². The minimum Gasteiger partial charge on any atom is -0.497 e. The molecule has 1 aliphatic rings. The van der Waals surface area contributed by atoms with E-state index in [1.165, 1.54) is 11.4 Å². The van der Waals surface area contributed by atoms with Gasteiger partial charge in [0.25, 0.3) is 15.9 Å². The maximum absolute atomic E-state index is 13.2. The number of carbonyl (C=O) groups is 1. The zero-order valence-electron chi connectivity index (χ0n) is 16.4. The number of aromatic nitrogens is 1. The number of sulfonamides is 1. The molecule has 8 heteroatoms. The van der Waals surface area contributed by atoms with E-state index in [1.54, 1.807) is 60.8 Å². The largest absolute Gasteiger partial charge is 0.497 e. The summed E-state index contributed by atoms with van der Waals surface area (Å²) in [5.74, 6) is 0.287. The van der Waals surface area contributed by atoms with Gasteiger partial charge in [0, 0.05) is 18.4 Å². The van der Waals surface area contributed by atoms with Gasteiger partial charge in [0.05, 0.1) is 17.7 Å². The molecule has 0 unspecified atom stereocenters. The van der Waals surface area contributed by atoms with Gasteiger partial charge in [0.1, 0.15) is 11.4 Å². The number of aryl methyl sites for hydroxylation is 1. The van der Waals surface area contributed by atoms with E-state index >= 15 is 0 Å². The Labute approximate surface area is 175 Å². The Balaban J connectivity index is 1.60. The molecule has 0 bridgehead atoms. The second kappa shape index (κ2) is 8.16. The quantitative estimate of drug-likeness (QED) is 0.679. The molecule has 30 heavy (non-hydrogen) atoms. The molecule has 1 amide bonds. The Kier molecular flexibility index (Phi) is 5.41. The first kappa shape index (κ1) is 19.9. The number of nitrogens with zero attached hydrogens (tertiary/aromatic N) is 2. The maximum Gasteiger partial charge on any atom is 0.274 e. The van der Waals surface area contributed by atoms with E-state index in [1.807, 2.05) is 6.07 Å². The zero-order valence-corrected chi connectivity index (χ0v) is 17.2. The Morgan fingerprint density at radius 1 is 1.10 bits per heavy atom. The fourth-order valence-electron chi connectivity index (χ4n) is 3.46. The van der Waals surface area contributed by atoms with Crippen molar-refractivity contribution in [2.75, 3.05) is 23.3 Å². The van der Waals surface area contributed by atoms with E-state index in [9.17, 15) is 13.2 Å². The summed E-state index contributed by atoms with van der Waals surface area (Å²) in [5.41, 5.74) is 2.43. The summed E-state index contributed by atoms with van der Waals surface area (Å²) < 4.78 is 33.0. The van der Waals surface area contributed by atoms with E-state index in [0.717, 1.165) is 12.0 Å². The van der Waals surface area contributed by atoms with Crippen LogP contribution in [0, 0.1) is 0 Å². The fraction of sp³-hybridized carbons (Fsp3) is 0.182. The number of fused-ring (bicyclic) bond motifs is 1. The lowest BCUT2D eigenvalue weighted by molar-refractivity contribution is 0.102. The van der Waals surface area contributed by atoms with Gasteiger partial charge in [0.15, 0.2) is 0 Å². The lowest BCUT2D eigenvalue weighted by Gasteiger charge is -2.31. The lowest BCUT2D eigenvalue weighted by Crippen LogP contribution is -2.35. The first-order valence-corrected chi connectivity index (χ1v) is 10.9. The highest BCUT2D eigenvalue weighted by Gasteiger charge is 2.29. The van der Waals surface area contributed by atoms with Gasteiger partial charge in [-0.2, -0.15) is 0 Å². The number of hydrogen-bond acceptors (Lipinski definition) is 5. The highest BCUT2D eigenvalue weighted by molar-refractivity contribution is 7.92. The Bertz CT molecular complexity index is 1160. The van der Waals surface area contributed by atoms with Crippen molar-refractivity contribution in [2.45, 2.75) is 17.7 Å². The summed E-state index contributed by atoms with van der Waals surface area (Å²) in [5, 5.41) is 2.82. The number of hydrogen-bond donors (Lipinski definition) is 1. The molecule has 0 fully saturated rings. The van der Waals surface area contributed by atoms with Crippen LogP contribution in [-0.2, 0) is 16.4 Å². The molecule has 0 spiro atoms. The smallest absolute Gasteiger partial charge is 0.274 e. The van der Waals surface area contributed by atoms with E-state index < -0.39 is 10.0 Å². The Morgan fingerprint density at radius 2 is 1.90 bits per heavy atom. The van der Waals surface area contributed by atoms with Crippen LogP contribution >= 0.6 is 0 Å². The van der Waals surface area contributed by atoms with Gasteiger partial charge in [-0.3, -0.25) is 14.1 Å². The van der Waals surface area contributed by atoms with E-state index in [4.69, 9.17) is 4.74 Å². The van der Waals surface area contributed by atoms with Crippen molar-refractivity contribution < 1.29 is 17.9 Å². The highest BCUT2D eigenvalue weighted by Crippen LogP contribution is 2.34. The summed E-state index contributed by atoms with van der Waals surface area (Å²) in [6.07, 6.45) is 2.99. The number of amides is 1. The summed E-state index contributed by atoms with van der Waals surface area (Å²) in [7, 11) is -2.16. The highest BCUT2D eigenvalue weighted by atomic mass is 32.2. The van der Waals surface area contributed by atoms with Crippen LogP contribution in [0.1, 0.15) is 22.5 Å². The number of anilines is 2. The molecule has 0 saturated heterocycles. The van der Waals surface area contributed by atoms with Crippen molar-refractivity contribution in [1.29, 1.82) is 0 Å². The van der Waals surface area contributed by atoms with Crippen LogP contribution < -0.4 is 14.4 Å². The van der Waals surface area contributed by atoms with Gasteiger partial charge in [-0.15, -0.1) is 0 Å². The summed E-state index contributed by atoms with van der Waals surface area (Å²) >= 11 is 0. The number of methoxy groups -OCH3 is 1. The molecule has 154 valence electrons. The first-order chi connectivity index (χ1) is 14.5. The molecule has 2 heterocycles. The van der Waals surface area contributed by atoms with E-state index in [0.29, 0.717) is 35.8 Å². The number of ether oxygens (including phenoxy) is 1. The molecule has 0 radical (unpaired) electrons. The molecule has 3 aromatic rings. The van der Waals surface area contributed by atoms with Gasteiger partial charge in [0.2, 0.25) is 0 Å². The maximum atomic E-state index is 13.2. The van der Waals surface area contributed by atoms with Gasteiger partial charge >= 0.3 is 0 Å². The minimum absolute atomic E-state index is 0.212. The monoisotopic (exact) mass is 423 g/mol. The second-order valence-electron chi connectivity index (χ2n) is 6.87. The third-order valence-electron chi connectivity index (χ3n) is 4.96. The standard InChI is InChI=1S/C22H21N3O4S/c1-29-18-8-10-19(11-9-18)30(27,28)25-14-4-5-16-15-17(7-12-21(16)25)24-22(26)20-6-2-3-13-23-20/h2-3,6-13,15H,4-5,14H2,1H3,(H,24,26). The zero-order chi connectivity index (χ0) is 21.1. The molecule has 1 aromatic heterocycles. The van der Waals surface area contributed by atoms with Crippen molar-refractivity contribution >= 4 is 27.3 Å². The van der Waals surface area contributed by atoms with Gasteiger partial charge in [-0.25, -0.2) is 8.42 Å². The van der Waals surface area contributed by atoms with Crippen molar-refractivity contribution in [2.24, 2.45) is 0 Å². The van der Waals surface area contributed by atoms with Crippen molar-refractivity contribution in [1.82, 2.24) is 4.98 Å². The molecule has 0 aliphatic carbocycles. The molecule has 7 nitrogen and oxygen atoms in total. The molecule has 4 rings (SSSR count). The molecular formula is C22H21N3O4S.